The number of ketones is 1. The lowest BCUT2D eigenvalue weighted by Gasteiger charge is -1.99. The Hall–Kier alpha value is -0.960. The first kappa shape index (κ1) is 9.13. The second-order valence-corrected chi connectivity index (χ2v) is 2.71. The first-order chi connectivity index (χ1) is 5.52. The van der Waals surface area contributed by atoms with Crippen molar-refractivity contribution in [3.63, 3.8) is 0 Å². The highest BCUT2D eigenvalue weighted by Gasteiger charge is 2.11. The van der Waals surface area contributed by atoms with Crippen LogP contribution < -0.4 is 0 Å². The van der Waals surface area contributed by atoms with E-state index in [1.807, 2.05) is 0 Å². The van der Waals surface area contributed by atoms with E-state index in [1.165, 1.54) is 6.92 Å². The van der Waals surface area contributed by atoms with Crippen molar-refractivity contribution in [2.75, 3.05) is 0 Å². The highest BCUT2D eigenvalue weighted by molar-refractivity contribution is 6.31. The molecule has 0 radical (unpaired) electrons. The summed E-state index contributed by atoms with van der Waals surface area (Å²) in [6.45, 7) is 1.19. The molecule has 0 aliphatic heterocycles. The van der Waals surface area contributed by atoms with Crippen LogP contribution in [0.25, 0.3) is 0 Å². The van der Waals surface area contributed by atoms with Crippen LogP contribution in [0.4, 0.5) is 8.78 Å². The van der Waals surface area contributed by atoms with Gasteiger partial charge in [-0.3, -0.25) is 4.79 Å². The smallest absolute Gasteiger partial charge is 0.162 e. The van der Waals surface area contributed by atoms with Crippen molar-refractivity contribution in [1.29, 1.82) is 0 Å². The molecular weight excluding hydrogens is 186 g/mol. The Labute approximate surface area is 73.0 Å². The number of hydrogen-bond acceptors (Lipinski definition) is 1. The SMILES string of the molecule is CC(=O)c1cc(Cl)c(F)cc1F. The van der Waals surface area contributed by atoms with Crippen molar-refractivity contribution in [1.82, 2.24) is 0 Å². The molecule has 1 nitrogen and oxygen atoms in total. The maximum Gasteiger partial charge on any atom is 0.162 e. The van der Waals surface area contributed by atoms with Crippen molar-refractivity contribution in [3.8, 4) is 0 Å². The predicted molar refractivity (Wildman–Crippen MR) is 41.4 cm³/mol. The van der Waals surface area contributed by atoms with Crippen molar-refractivity contribution < 1.29 is 13.6 Å². The molecule has 1 aromatic carbocycles. The van der Waals surface area contributed by atoms with E-state index in [0.29, 0.717) is 6.07 Å². The minimum atomic E-state index is -0.885. The lowest BCUT2D eigenvalue weighted by atomic mass is 10.1. The summed E-state index contributed by atoms with van der Waals surface area (Å²) in [5.41, 5.74) is -0.193. The number of carbonyl (C=O) groups is 1. The molecule has 0 N–H and O–H groups in total. The molecule has 64 valence electrons. The second-order valence-electron chi connectivity index (χ2n) is 2.30. The van der Waals surface area contributed by atoms with Gasteiger partial charge in [-0.1, -0.05) is 11.6 Å². The van der Waals surface area contributed by atoms with E-state index in [2.05, 4.69) is 0 Å². The van der Waals surface area contributed by atoms with Gasteiger partial charge in [0, 0.05) is 6.07 Å². The Kier molecular flexibility index (Phi) is 2.43. The number of carbonyl (C=O) groups excluding carboxylic acids is 1. The van der Waals surface area contributed by atoms with E-state index >= 15 is 0 Å². The molecule has 0 atom stereocenters. The minimum absolute atomic E-state index is 0.193. The van der Waals surface area contributed by atoms with E-state index in [1.54, 1.807) is 0 Å². The summed E-state index contributed by atoms with van der Waals surface area (Å²) in [4.78, 5) is 10.7. The number of hydrogen-bond donors (Lipinski definition) is 0. The quantitative estimate of drug-likeness (QED) is 0.492. The average molecular weight is 191 g/mol. The Morgan fingerprint density at radius 1 is 1.33 bits per heavy atom. The van der Waals surface area contributed by atoms with Crippen LogP contribution in [-0.2, 0) is 0 Å². The minimum Gasteiger partial charge on any atom is -0.294 e. The van der Waals surface area contributed by atoms with Gasteiger partial charge in [0.1, 0.15) is 11.6 Å². The molecule has 12 heavy (non-hydrogen) atoms. The van der Waals surface area contributed by atoms with E-state index in [9.17, 15) is 13.6 Å². The number of halogens is 3. The van der Waals surface area contributed by atoms with Gasteiger partial charge in [-0.05, 0) is 13.0 Å². The van der Waals surface area contributed by atoms with E-state index in [0.717, 1.165) is 6.07 Å². The number of Topliss-reactive ketones (excluding diaryl/α,β-unsaturated/α-hetero) is 1. The first-order valence-corrected chi connectivity index (χ1v) is 3.55. The second kappa shape index (κ2) is 3.19. The Bertz CT molecular complexity index is 336. The first-order valence-electron chi connectivity index (χ1n) is 3.18. The largest absolute Gasteiger partial charge is 0.294 e. The fourth-order valence-electron chi connectivity index (χ4n) is 0.792. The zero-order valence-corrected chi connectivity index (χ0v) is 6.95. The van der Waals surface area contributed by atoms with Crippen molar-refractivity contribution in [3.05, 3.63) is 34.4 Å². The molecule has 0 unspecified atom stereocenters. The molecule has 0 aliphatic rings. The van der Waals surface area contributed by atoms with Crippen molar-refractivity contribution in [2.45, 2.75) is 6.92 Å². The fourth-order valence-corrected chi connectivity index (χ4v) is 0.956. The third-order valence-corrected chi connectivity index (χ3v) is 1.68. The molecule has 0 fully saturated rings. The van der Waals surface area contributed by atoms with Crippen molar-refractivity contribution in [2.24, 2.45) is 0 Å². The van der Waals surface area contributed by atoms with Gasteiger partial charge in [0.2, 0.25) is 0 Å². The Morgan fingerprint density at radius 2 is 1.92 bits per heavy atom. The van der Waals surface area contributed by atoms with Gasteiger partial charge < -0.3 is 0 Å². The standard InChI is InChI=1S/C8H5ClF2O/c1-4(12)5-2-6(9)8(11)3-7(5)10/h2-3H,1H3. The monoisotopic (exact) mass is 190 g/mol. The lowest BCUT2D eigenvalue weighted by molar-refractivity contribution is 0.101. The zero-order chi connectivity index (χ0) is 9.30. The molecule has 0 spiro atoms. The topological polar surface area (TPSA) is 17.1 Å². The maximum atomic E-state index is 12.8. The summed E-state index contributed by atoms with van der Waals surface area (Å²) in [7, 11) is 0. The molecule has 0 saturated carbocycles. The van der Waals surface area contributed by atoms with Gasteiger partial charge in [0.25, 0.3) is 0 Å². The molecule has 0 amide bonds. The average Bonchev–Trinajstić information content (AvgIpc) is 1.96. The molecule has 4 heteroatoms. The van der Waals surface area contributed by atoms with Crippen LogP contribution in [0.5, 0.6) is 0 Å². The predicted octanol–water partition coefficient (Wildman–Crippen LogP) is 2.82. The zero-order valence-electron chi connectivity index (χ0n) is 6.20. The molecular formula is C8H5ClF2O. The summed E-state index contributed by atoms with van der Waals surface area (Å²) in [5, 5.41) is -0.249. The van der Waals surface area contributed by atoms with Crippen LogP contribution >= 0.6 is 11.6 Å². The van der Waals surface area contributed by atoms with E-state index < -0.39 is 17.4 Å². The van der Waals surface area contributed by atoms with Crippen LogP contribution in [-0.4, -0.2) is 5.78 Å². The summed E-state index contributed by atoms with van der Waals surface area (Å²) in [6, 6.07) is 1.58. The summed E-state index contributed by atoms with van der Waals surface area (Å²) in [6.07, 6.45) is 0. The van der Waals surface area contributed by atoms with E-state index in [-0.39, 0.29) is 10.6 Å². The Morgan fingerprint density at radius 3 is 2.42 bits per heavy atom. The molecule has 0 aromatic heterocycles. The lowest BCUT2D eigenvalue weighted by Crippen LogP contribution is -1.97. The van der Waals surface area contributed by atoms with Gasteiger partial charge in [0.15, 0.2) is 5.78 Å². The van der Waals surface area contributed by atoms with Gasteiger partial charge in [-0.2, -0.15) is 0 Å². The molecule has 1 rings (SSSR count). The van der Waals surface area contributed by atoms with Crippen LogP contribution in [0.1, 0.15) is 17.3 Å². The highest BCUT2D eigenvalue weighted by Crippen LogP contribution is 2.19. The van der Waals surface area contributed by atoms with Crippen LogP contribution in [0.3, 0.4) is 0 Å². The van der Waals surface area contributed by atoms with Gasteiger partial charge in [-0.15, -0.1) is 0 Å². The molecule has 0 bridgehead atoms. The number of rotatable bonds is 1. The van der Waals surface area contributed by atoms with Gasteiger partial charge in [0.05, 0.1) is 10.6 Å². The number of benzene rings is 1. The third-order valence-electron chi connectivity index (χ3n) is 1.39. The molecule has 1 aromatic rings. The molecule has 0 aliphatic carbocycles. The van der Waals surface area contributed by atoms with Crippen LogP contribution in [0, 0.1) is 11.6 Å². The van der Waals surface area contributed by atoms with E-state index in [4.69, 9.17) is 11.6 Å². The van der Waals surface area contributed by atoms with Crippen LogP contribution in [0.2, 0.25) is 5.02 Å². The maximum absolute atomic E-state index is 12.8. The van der Waals surface area contributed by atoms with Gasteiger partial charge in [-0.25, -0.2) is 8.78 Å². The van der Waals surface area contributed by atoms with Crippen LogP contribution in [0.15, 0.2) is 12.1 Å². The summed E-state index contributed by atoms with van der Waals surface area (Å²) < 4.78 is 25.3. The van der Waals surface area contributed by atoms with Crippen molar-refractivity contribution >= 4 is 17.4 Å². The third kappa shape index (κ3) is 1.61. The summed E-state index contributed by atoms with van der Waals surface area (Å²) >= 11 is 5.34. The fraction of sp³-hybridized carbons (Fsp3) is 0.125. The Balaban J connectivity index is 3.33. The molecule has 0 heterocycles. The molecule has 0 saturated heterocycles. The highest BCUT2D eigenvalue weighted by atomic mass is 35.5. The van der Waals surface area contributed by atoms with Gasteiger partial charge >= 0.3 is 0 Å². The normalized spacial score (nSPS) is 10.0. The summed E-state index contributed by atoms with van der Waals surface area (Å²) in [5.74, 6) is -2.22.